The Morgan fingerprint density at radius 2 is 1.86 bits per heavy atom. The summed E-state index contributed by atoms with van der Waals surface area (Å²) < 4.78 is 16.4. The van der Waals surface area contributed by atoms with Gasteiger partial charge >= 0.3 is 5.97 Å². The molecule has 4 aromatic rings. The van der Waals surface area contributed by atoms with Gasteiger partial charge in [-0.25, -0.2) is 9.18 Å². The topological polar surface area (TPSA) is 91.9 Å². The molecule has 0 aliphatic carbocycles. The van der Waals surface area contributed by atoms with Crippen LogP contribution in [0, 0.1) is 5.82 Å². The Morgan fingerprint density at radius 1 is 1.11 bits per heavy atom. The second kappa shape index (κ2) is 10.2. The summed E-state index contributed by atoms with van der Waals surface area (Å²) >= 11 is 7.13. The summed E-state index contributed by atoms with van der Waals surface area (Å²) in [6, 6.07) is 18.0. The molecular formula is C26H20ClFN2O4S. The van der Waals surface area contributed by atoms with Crippen LogP contribution in [-0.4, -0.2) is 26.6 Å². The van der Waals surface area contributed by atoms with Crippen molar-refractivity contribution in [2.75, 3.05) is 0 Å². The summed E-state index contributed by atoms with van der Waals surface area (Å²) in [7, 11) is 1.59. The lowest BCUT2D eigenvalue weighted by molar-refractivity contribution is 0.0702. The van der Waals surface area contributed by atoms with Gasteiger partial charge in [-0.3, -0.25) is 4.79 Å². The highest BCUT2D eigenvalue weighted by atomic mass is 35.5. The van der Waals surface area contributed by atoms with E-state index in [1.54, 1.807) is 43.6 Å². The number of hydrogen-bond donors (Lipinski definition) is 2. The zero-order valence-electron chi connectivity index (χ0n) is 18.5. The van der Waals surface area contributed by atoms with E-state index in [2.05, 4.69) is 5.16 Å². The molecule has 9 heteroatoms. The first-order valence-electron chi connectivity index (χ1n) is 10.5. The van der Waals surface area contributed by atoms with Crippen LogP contribution in [0.1, 0.15) is 38.7 Å². The number of aromatic carboxylic acids is 1. The highest BCUT2D eigenvalue weighted by Crippen LogP contribution is 2.35. The predicted octanol–water partition coefficient (Wildman–Crippen LogP) is 6.01. The zero-order chi connectivity index (χ0) is 25.1. The summed E-state index contributed by atoms with van der Waals surface area (Å²) in [6.45, 7) is 0. The number of oxime groups is 1. The number of carboxylic acids is 1. The third kappa shape index (κ3) is 5.34. The number of benzene rings is 2. The molecule has 0 amide bonds. The van der Waals surface area contributed by atoms with E-state index in [1.807, 2.05) is 24.3 Å². The predicted molar refractivity (Wildman–Crippen MR) is 135 cm³/mol. The van der Waals surface area contributed by atoms with Gasteiger partial charge in [0.25, 0.3) is 0 Å². The van der Waals surface area contributed by atoms with E-state index < -0.39 is 17.7 Å². The highest BCUT2D eigenvalue weighted by Gasteiger charge is 2.22. The number of thiophene rings is 1. The molecule has 2 aromatic heterocycles. The van der Waals surface area contributed by atoms with Crippen LogP contribution in [0.5, 0.6) is 0 Å². The maximum atomic E-state index is 15.0. The first-order valence-corrected chi connectivity index (χ1v) is 11.7. The van der Waals surface area contributed by atoms with E-state index in [4.69, 9.17) is 11.6 Å². The van der Waals surface area contributed by atoms with Gasteiger partial charge in [0.15, 0.2) is 0 Å². The van der Waals surface area contributed by atoms with E-state index >= 15 is 0 Å². The largest absolute Gasteiger partial charge is 0.477 e. The minimum absolute atomic E-state index is 0.148. The van der Waals surface area contributed by atoms with Gasteiger partial charge in [0, 0.05) is 47.1 Å². The Hall–Kier alpha value is -3.75. The van der Waals surface area contributed by atoms with Crippen LogP contribution >= 0.6 is 22.9 Å². The minimum Gasteiger partial charge on any atom is -0.477 e. The van der Waals surface area contributed by atoms with Gasteiger partial charge in [-0.2, -0.15) is 0 Å². The van der Waals surface area contributed by atoms with Crippen LogP contribution in [0.2, 0.25) is 5.02 Å². The molecular weight excluding hydrogens is 491 g/mol. The molecule has 0 aliphatic heterocycles. The van der Waals surface area contributed by atoms with Crippen molar-refractivity contribution in [3.63, 3.8) is 0 Å². The van der Waals surface area contributed by atoms with Crippen molar-refractivity contribution in [2.45, 2.75) is 12.3 Å². The average molecular weight is 511 g/mol. The van der Waals surface area contributed by atoms with Gasteiger partial charge in [0.2, 0.25) is 5.56 Å². The second-order valence-electron chi connectivity index (χ2n) is 7.93. The van der Waals surface area contributed by atoms with Crippen LogP contribution in [0.15, 0.2) is 82.9 Å². The number of carbonyl (C=O) groups is 1. The number of pyridine rings is 1. The van der Waals surface area contributed by atoms with E-state index in [-0.39, 0.29) is 27.6 Å². The fourth-order valence-electron chi connectivity index (χ4n) is 3.85. The average Bonchev–Trinajstić information content (AvgIpc) is 3.34. The van der Waals surface area contributed by atoms with E-state index in [9.17, 15) is 24.3 Å². The van der Waals surface area contributed by atoms with Crippen LogP contribution in [0.3, 0.4) is 0 Å². The SMILES string of the molecule is Cn1cc(/C(C[C@H](c2ccc(-c3ccc(C(=O)O)s3)cc2)c2ccc(Cl)cc2F)=N/O)ccc1=O. The fraction of sp³-hybridized carbons (Fsp3) is 0.115. The highest BCUT2D eigenvalue weighted by molar-refractivity contribution is 7.17. The standard InChI is InChI=1S/C26H20ClFN2O4S/c1-30-14-17(6-11-25(30)31)22(29-34)13-20(19-8-7-18(27)12-21(19)28)15-2-4-16(5-3-15)23-9-10-24(35-23)26(32)33/h2-12,14,20,34H,13H2,1H3,(H,32,33)/b29-22+/t20-/m1/s1. The number of halogens is 2. The lowest BCUT2D eigenvalue weighted by Crippen LogP contribution is -2.18. The van der Waals surface area contributed by atoms with Crippen molar-refractivity contribution >= 4 is 34.6 Å². The molecule has 0 fully saturated rings. The van der Waals surface area contributed by atoms with Crippen LogP contribution in [0.25, 0.3) is 10.4 Å². The van der Waals surface area contributed by atoms with Crippen molar-refractivity contribution in [1.29, 1.82) is 0 Å². The zero-order valence-corrected chi connectivity index (χ0v) is 20.1. The number of nitrogens with zero attached hydrogens (tertiary/aromatic N) is 2. The Kier molecular flexibility index (Phi) is 7.14. The number of aryl methyl sites for hydroxylation is 1. The summed E-state index contributed by atoms with van der Waals surface area (Å²) in [5.41, 5.74) is 2.57. The molecule has 35 heavy (non-hydrogen) atoms. The molecule has 4 rings (SSSR count). The van der Waals surface area contributed by atoms with Gasteiger partial charge in [-0.15, -0.1) is 11.3 Å². The number of aromatic nitrogens is 1. The van der Waals surface area contributed by atoms with E-state index in [0.717, 1.165) is 16.0 Å². The molecule has 0 bridgehead atoms. The molecule has 0 saturated carbocycles. The monoisotopic (exact) mass is 510 g/mol. The van der Waals surface area contributed by atoms with Gasteiger partial charge in [-0.1, -0.05) is 47.1 Å². The Morgan fingerprint density at radius 3 is 2.46 bits per heavy atom. The molecule has 0 unspecified atom stereocenters. The van der Waals surface area contributed by atoms with E-state index in [1.165, 1.54) is 28.0 Å². The molecule has 2 aromatic carbocycles. The Bertz CT molecular complexity index is 1480. The van der Waals surface area contributed by atoms with E-state index in [0.29, 0.717) is 11.1 Å². The molecule has 0 saturated heterocycles. The van der Waals surface area contributed by atoms with Crippen LogP contribution < -0.4 is 5.56 Å². The molecule has 0 radical (unpaired) electrons. The second-order valence-corrected chi connectivity index (χ2v) is 9.45. The molecule has 2 N–H and O–H groups in total. The summed E-state index contributed by atoms with van der Waals surface area (Å²) in [5, 5.41) is 22.7. The van der Waals surface area contributed by atoms with Crippen molar-refractivity contribution in [1.82, 2.24) is 4.57 Å². The lowest BCUT2D eigenvalue weighted by atomic mass is 9.85. The minimum atomic E-state index is -0.981. The number of hydrogen-bond acceptors (Lipinski definition) is 5. The van der Waals surface area contributed by atoms with Crippen LogP contribution in [-0.2, 0) is 7.05 Å². The molecule has 0 aliphatic rings. The quantitative estimate of drug-likeness (QED) is 0.181. The molecule has 0 spiro atoms. The third-order valence-electron chi connectivity index (χ3n) is 5.69. The number of carboxylic acid groups (broad SMARTS) is 1. The smallest absolute Gasteiger partial charge is 0.345 e. The van der Waals surface area contributed by atoms with Crippen LogP contribution in [0.4, 0.5) is 4.39 Å². The van der Waals surface area contributed by atoms with Crippen molar-refractivity contribution in [3.8, 4) is 10.4 Å². The third-order valence-corrected chi connectivity index (χ3v) is 7.05. The molecule has 1 atom stereocenters. The lowest BCUT2D eigenvalue weighted by Gasteiger charge is -2.20. The molecule has 178 valence electrons. The van der Waals surface area contributed by atoms with Crippen molar-refractivity contribution < 1.29 is 19.5 Å². The maximum Gasteiger partial charge on any atom is 0.345 e. The maximum absolute atomic E-state index is 15.0. The molecule has 6 nitrogen and oxygen atoms in total. The normalized spacial score (nSPS) is 12.5. The number of rotatable bonds is 7. The Balaban J connectivity index is 1.73. The Labute approximate surface area is 209 Å². The fourth-order valence-corrected chi connectivity index (χ4v) is 4.86. The summed E-state index contributed by atoms with van der Waals surface area (Å²) in [5.74, 6) is -2.00. The van der Waals surface area contributed by atoms with Gasteiger partial charge in [0.05, 0.1) is 5.71 Å². The first kappa shape index (κ1) is 24.4. The first-order chi connectivity index (χ1) is 16.8. The van der Waals surface area contributed by atoms with Crippen molar-refractivity contribution in [3.05, 3.63) is 116 Å². The summed E-state index contributed by atoms with van der Waals surface area (Å²) in [4.78, 5) is 24.0. The van der Waals surface area contributed by atoms with Gasteiger partial charge in [-0.05, 0) is 47.0 Å². The molecule has 2 heterocycles. The summed E-state index contributed by atoms with van der Waals surface area (Å²) in [6.07, 6.45) is 1.71. The van der Waals surface area contributed by atoms with Gasteiger partial charge in [0.1, 0.15) is 10.7 Å². The van der Waals surface area contributed by atoms with Gasteiger partial charge < -0.3 is 14.9 Å². The van der Waals surface area contributed by atoms with Crippen molar-refractivity contribution in [2.24, 2.45) is 12.2 Å².